The molecule has 3 aromatic rings. The molecule has 1 unspecified atom stereocenters. The van der Waals surface area contributed by atoms with Gasteiger partial charge in [0.25, 0.3) is 5.69 Å². The van der Waals surface area contributed by atoms with Gasteiger partial charge in [0.05, 0.1) is 10.4 Å². The zero-order valence-corrected chi connectivity index (χ0v) is 19.7. The number of hydrogen-bond donors (Lipinski definition) is 2. The smallest absolute Gasteiger partial charge is 0.375 e. The Morgan fingerprint density at radius 2 is 1.83 bits per heavy atom. The molecule has 192 valence electrons. The highest BCUT2D eigenvalue weighted by molar-refractivity contribution is 5.87. The second-order valence-electron chi connectivity index (χ2n) is 9.22. The number of nitro groups is 1. The molecule has 0 saturated carbocycles. The van der Waals surface area contributed by atoms with Crippen molar-refractivity contribution in [2.45, 2.75) is 44.1 Å². The third-order valence-electron chi connectivity index (χ3n) is 6.63. The summed E-state index contributed by atoms with van der Waals surface area (Å²) < 4.78 is 45.0. The highest BCUT2D eigenvalue weighted by Gasteiger charge is 2.57. The van der Waals surface area contributed by atoms with Crippen molar-refractivity contribution in [3.8, 4) is 0 Å². The van der Waals surface area contributed by atoms with Crippen LogP contribution in [-0.4, -0.2) is 57.3 Å². The number of nitro benzene ring substituents is 1. The van der Waals surface area contributed by atoms with Crippen LogP contribution in [-0.2, 0) is 16.9 Å². The molecule has 1 aliphatic heterocycles. The van der Waals surface area contributed by atoms with Gasteiger partial charge in [-0.1, -0.05) is 30.3 Å². The van der Waals surface area contributed by atoms with Crippen LogP contribution < -0.4 is 5.32 Å². The summed E-state index contributed by atoms with van der Waals surface area (Å²) in [5, 5.41) is 25.5. The van der Waals surface area contributed by atoms with E-state index in [9.17, 15) is 33.2 Å². The quantitative estimate of drug-likeness (QED) is 0.375. The number of halogens is 3. The summed E-state index contributed by atoms with van der Waals surface area (Å²) >= 11 is 0. The van der Waals surface area contributed by atoms with E-state index in [1.807, 2.05) is 6.07 Å². The summed E-state index contributed by atoms with van der Waals surface area (Å²) in [5.74, 6) is -0.194. The molecule has 0 aliphatic carbocycles. The monoisotopic (exact) mass is 504 g/mol. The minimum Gasteiger partial charge on any atom is -0.375 e. The minimum atomic E-state index is -5.00. The van der Waals surface area contributed by atoms with Gasteiger partial charge in [0.1, 0.15) is 0 Å². The fourth-order valence-corrected chi connectivity index (χ4v) is 4.81. The maximum atomic E-state index is 14.5. The number of amides is 1. The number of aromatic nitrogens is 1. The highest BCUT2D eigenvalue weighted by atomic mass is 19.4. The topological polar surface area (TPSA) is 101 Å². The molecule has 1 fully saturated rings. The molecule has 1 amide bonds. The first-order chi connectivity index (χ1) is 17.0. The van der Waals surface area contributed by atoms with Gasteiger partial charge in [0.15, 0.2) is 0 Å². The second kappa shape index (κ2) is 9.90. The largest absolute Gasteiger partial charge is 0.422 e. The Kier molecular flexibility index (Phi) is 7.05. The van der Waals surface area contributed by atoms with Crippen LogP contribution >= 0.6 is 0 Å². The van der Waals surface area contributed by atoms with E-state index in [2.05, 4.69) is 5.32 Å². The third-order valence-corrected chi connectivity index (χ3v) is 6.63. The van der Waals surface area contributed by atoms with Gasteiger partial charge in [-0.25, -0.2) is 0 Å². The molecule has 11 heteroatoms. The van der Waals surface area contributed by atoms with Gasteiger partial charge in [-0.05, 0) is 24.5 Å². The molecule has 1 aliphatic rings. The van der Waals surface area contributed by atoms with Gasteiger partial charge in [0, 0.05) is 68.4 Å². The van der Waals surface area contributed by atoms with Crippen LogP contribution in [0.5, 0.6) is 0 Å². The first-order valence-corrected chi connectivity index (χ1v) is 11.6. The second-order valence-corrected chi connectivity index (χ2v) is 9.22. The summed E-state index contributed by atoms with van der Waals surface area (Å²) in [6.45, 7) is 1.43. The van der Waals surface area contributed by atoms with Crippen LogP contribution in [0.25, 0.3) is 10.9 Å². The lowest BCUT2D eigenvalue weighted by Crippen LogP contribution is -2.54. The Bertz CT molecular complexity index is 1250. The molecule has 2 heterocycles. The lowest BCUT2D eigenvalue weighted by atomic mass is 9.90. The van der Waals surface area contributed by atoms with Crippen molar-refractivity contribution < 1.29 is 28.0 Å². The summed E-state index contributed by atoms with van der Waals surface area (Å²) in [6.07, 6.45) is -2.82. The fourth-order valence-electron chi connectivity index (χ4n) is 4.81. The molecule has 1 saturated heterocycles. The number of carbonyl (C=O) groups excluding carboxylic acids is 1. The van der Waals surface area contributed by atoms with E-state index in [0.717, 1.165) is 11.6 Å². The summed E-state index contributed by atoms with van der Waals surface area (Å²) in [7, 11) is 0. The summed E-state index contributed by atoms with van der Waals surface area (Å²) in [6, 6.07) is 12.5. The number of carbonyl (C=O) groups is 1. The molecular formula is C25H27F3N4O4. The lowest BCUT2D eigenvalue weighted by Gasteiger charge is -2.39. The molecule has 8 nitrogen and oxygen atoms in total. The number of hydrogen-bond acceptors (Lipinski definition) is 5. The third kappa shape index (κ3) is 5.21. The number of rotatable bonds is 7. The molecule has 1 atom stereocenters. The van der Waals surface area contributed by atoms with E-state index in [-0.39, 0.29) is 53.7 Å². The molecule has 0 bridgehead atoms. The van der Waals surface area contributed by atoms with E-state index in [1.165, 1.54) is 34.7 Å². The molecule has 0 spiro atoms. The average molecular weight is 505 g/mol. The number of fused-ring (bicyclic) bond motifs is 1. The Labute approximate surface area is 205 Å². The van der Waals surface area contributed by atoms with Crippen LogP contribution in [0.15, 0.2) is 54.7 Å². The van der Waals surface area contributed by atoms with E-state index in [4.69, 9.17) is 0 Å². The number of benzene rings is 2. The highest BCUT2D eigenvalue weighted by Crippen LogP contribution is 2.44. The van der Waals surface area contributed by atoms with Crippen LogP contribution in [0.3, 0.4) is 0 Å². The average Bonchev–Trinajstić information content (AvgIpc) is 3.18. The van der Waals surface area contributed by atoms with Crippen molar-refractivity contribution in [2.24, 2.45) is 0 Å². The maximum absolute atomic E-state index is 14.5. The molecule has 2 N–H and O–H groups in total. The van der Waals surface area contributed by atoms with Gasteiger partial charge >= 0.3 is 6.18 Å². The maximum Gasteiger partial charge on any atom is 0.422 e. The number of alkyl halides is 3. The molecule has 4 rings (SSSR count). The number of β-amino-alcohol motifs (C(OH)–C–C–N with tert-alkyl or cyclic N) is 1. The predicted octanol–water partition coefficient (Wildman–Crippen LogP) is 3.95. The van der Waals surface area contributed by atoms with E-state index >= 15 is 0 Å². The summed E-state index contributed by atoms with van der Waals surface area (Å²) in [5.41, 5.74) is -2.78. The van der Waals surface area contributed by atoms with Gasteiger partial charge in [-0.2, -0.15) is 13.2 Å². The molecule has 36 heavy (non-hydrogen) atoms. The van der Waals surface area contributed by atoms with Gasteiger partial charge < -0.3 is 15.0 Å². The van der Waals surface area contributed by atoms with Crippen LogP contribution in [0.4, 0.5) is 18.9 Å². The zero-order chi connectivity index (χ0) is 26.1. The fraction of sp³-hybridized carbons (Fsp3) is 0.400. The molecule has 2 aromatic carbocycles. The number of aliphatic hydroxyl groups is 1. The first kappa shape index (κ1) is 25.6. The number of nitrogens with one attached hydrogen (secondary N) is 1. The minimum absolute atomic E-state index is 0.101. The number of likely N-dealkylation sites (tertiary alicyclic amines) is 1. The SMILES string of the molecule is CC(=O)NC1CCN(CC(O)(c2cn(Cc3ccccc3)c3cc([N+](=O)[O-])ccc23)C(F)(F)F)CC1. The van der Waals surface area contributed by atoms with Crippen LogP contribution in [0, 0.1) is 10.1 Å². The van der Waals surface area contributed by atoms with Crippen molar-refractivity contribution in [2.75, 3.05) is 19.6 Å². The van der Waals surface area contributed by atoms with Crippen molar-refractivity contribution >= 4 is 22.5 Å². The Morgan fingerprint density at radius 1 is 1.17 bits per heavy atom. The Balaban J connectivity index is 1.74. The molecular weight excluding hydrogens is 477 g/mol. The first-order valence-electron chi connectivity index (χ1n) is 11.6. The van der Waals surface area contributed by atoms with Crippen molar-refractivity contribution in [3.63, 3.8) is 0 Å². The number of piperidine rings is 1. The standard InChI is InChI=1S/C25H27F3N4O4/c1-17(33)29-19-9-11-30(12-10-19)16-24(34,25(26,27)28)22-15-31(14-18-5-3-2-4-6-18)23-13-20(32(35)36)7-8-21(22)23/h2-8,13,15,19,34H,9-12,14,16H2,1H3,(H,29,33). The van der Waals surface area contributed by atoms with E-state index in [0.29, 0.717) is 12.8 Å². The summed E-state index contributed by atoms with van der Waals surface area (Å²) in [4.78, 5) is 23.6. The van der Waals surface area contributed by atoms with Crippen molar-refractivity contribution in [1.29, 1.82) is 0 Å². The predicted molar refractivity (Wildman–Crippen MR) is 127 cm³/mol. The zero-order valence-electron chi connectivity index (χ0n) is 19.7. The number of non-ortho nitro benzene ring substituents is 1. The van der Waals surface area contributed by atoms with Crippen LogP contribution in [0.1, 0.15) is 30.9 Å². The Hall–Kier alpha value is -3.44. The van der Waals surface area contributed by atoms with Crippen molar-refractivity contribution in [1.82, 2.24) is 14.8 Å². The lowest BCUT2D eigenvalue weighted by molar-refractivity contribution is -0.384. The molecule has 1 aromatic heterocycles. The molecule has 0 radical (unpaired) electrons. The normalized spacial score (nSPS) is 17.1. The van der Waals surface area contributed by atoms with Crippen molar-refractivity contribution in [3.05, 3.63) is 76.0 Å². The van der Waals surface area contributed by atoms with Crippen LogP contribution in [0.2, 0.25) is 0 Å². The van der Waals surface area contributed by atoms with E-state index < -0.39 is 23.2 Å². The number of nitrogens with zero attached hydrogens (tertiary/aromatic N) is 3. The van der Waals surface area contributed by atoms with Gasteiger partial charge in [-0.3, -0.25) is 19.8 Å². The van der Waals surface area contributed by atoms with Gasteiger partial charge in [-0.15, -0.1) is 0 Å². The Morgan fingerprint density at radius 3 is 2.42 bits per heavy atom. The van der Waals surface area contributed by atoms with Gasteiger partial charge in [0.2, 0.25) is 11.5 Å². The van der Waals surface area contributed by atoms with E-state index in [1.54, 1.807) is 24.3 Å².